The van der Waals surface area contributed by atoms with Crippen molar-refractivity contribution in [3.63, 3.8) is 0 Å². The number of sulfonamides is 1. The van der Waals surface area contributed by atoms with Crippen LogP contribution in [0, 0.1) is 5.82 Å². The SMILES string of the molecule is O=C1COc2cc(S(=O)(=O)NCc3ccc(Br)c(F)c3)c(Cl)cc2N1. The molecule has 2 N–H and O–H groups in total. The van der Waals surface area contributed by atoms with E-state index in [-0.39, 0.29) is 39.2 Å². The summed E-state index contributed by atoms with van der Waals surface area (Å²) < 4.78 is 46.3. The third kappa shape index (κ3) is 3.95. The van der Waals surface area contributed by atoms with E-state index in [0.717, 1.165) is 0 Å². The first-order valence-corrected chi connectivity index (χ1v) is 9.61. The molecule has 0 saturated carbocycles. The quantitative estimate of drug-likeness (QED) is 0.751. The van der Waals surface area contributed by atoms with Crippen molar-refractivity contribution < 1.29 is 22.3 Å². The van der Waals surface area contributed by atoms with Gasteiger partial charge in [0, 0.05) is 12.6 Å². The van der Waals surface area contributed by atoms with Crippen LogP contribution < -0.4 is 14.8 Å². The minimum Gasteiger partial charge on any atom is -0.482 e. The lowest BCUT2D eigenvalue weighted by atomic mass is 10.2. The molecular formula is C15H11BrClFN2O4S. The smallest absolute Gasteiger partial charge is 0.262 e. The van der Waals surface area contributed by atoms with Gasteiger partial charge in [0.2, 0.25) is 10.0 Å². The molecule has 0 radical (unpaired) electrons. The van der Waals surface area contributed by atoms with Gasteiger partial charge in [-0.2, -0.15) is 0 Å². The molecule has 1 heterocycles. The van der Waals surface area contributed by atoms with Crippen molar-refractivity contribution in [1.82, 2.24) is 4.72 Å². The van der Waals surface area contributed by atoms with E-state index >= 15 is 0 Å². The Labute approximate surface area is 156 Å². The van der Waals surface area contributed by atoms with Crippen LogP contribution in [0.25, 0.3) is 0 Å². The second-order valence-corrected chi connectivity index (χ2v) is 8.19. The molecule has 1 aliphatic rings. The fraction of sp³-hybridized carbons (Fsp3) is 0.133. The lowest BCUT2D eigenvalue weighted by molar-refractivity contribution is -0.118. The Morgan fingerprint density at radius 2 is 2.08 bits per heavy atom. The predicted molar refractivity (Wildman–Crippen MR) is 93.7 cm³/mol. The number of anilines is 1. The van der Waals surface area contributed by atoms with Crippen LogP contribution in [0.1, 0.15) is 5.56 Å². The lowest BCUT2D eigenvalue weighted by Crippen LogP contribution is -2.27. The van der Waals surface area contributed by atoms with Crippen LogP contribution in [-0.4, -0.2) is 20.9 Å². The zero-order valence-electron chi connectivity index (χ0n) is 12.5. The number of carbonyl (C=O) groups is 1. The molecule has 0 bridgehead atoms. The maximum absolute atomic E-state index is 13.5. The highest BCUT2D eigenvalue weighted by molar-refractivity contribution is 9.10. The zero-order valence-corrected chi connectivity index (χ0v) is 15.6. The van der Waals surface area contributed by atoms with Crippen molar-refractivity contribution in [3.05, 3.63) is 51.2 Å². The number of amides is 1. The number of rotatable bonds is 4. The molecule has 1 amide bonds. The van der Waals surface area contributed by atoms with E-state index in [1.54, 1.807) is 6.07 Å². The molecule has 0 saturated heterocycles. The van der Waals surface area contributed by atoms with Gasteiger partial charge in [-0.25, -0.2) is 17.5 Å². The Morgan fingerprint density at radius 1 is 1.32 bits per heavy atom. The van der Waals surface area contributed by atoms with E-state index in [2.05, 4.69) is 26.0 Å². The van der Waals surface area contributed by atoms with Gasteiger partial charge >= 0.3 is 0 Å². The Balaban J connectivity index is 1.84. The average Bonchev–Trinajstić information content (AvgIpc) is 2.55. The topological polar surface area (TPSA) is 84.5 Å². The van der Waals surface area contributed by atoms with Gasteiger partial charge in [-0.05, 0) is 39.7 Å². The Hall–Kier alpha value is -1.68. The van der Waals surface area contributed by atoms with Gasteiger partial charge in [0.15, 0.2) is 6.61 Å². The molecule has 25 heavy (non-hydrogen) atoms. The number of fused-ring (bicyclic) bond motifs is 1. The molecule has 132 valence electrons. The largest absolute Gasteiger partial charge is 0.482 e. The minimum absolute atomic E-state index is 0.0703. The summed E-state index contributed by atoms with van der Waals surface area (Å²) in [6.45, 7) is -0.322. The highest BCUT2D eigenvalue weighted by Crippen LogP contribution is 2.35. The highest BCUT2D eigenvalue weighted by Gasteiger charge is 2.24. The maximum atomic E-state index is 13.5. The van der Waals surface area contributed by atoms with Gasteiger partial charge < -0.3 is 10.1 Å². The van der Waals surface area contributed by atoms with E-state index < -0.39 is 15.8 Å². The van der Waals surface area contributed by atoms with Crippen LogP contribution in [-0.2, 0) is 21.4 Å². The van der Waals surface area contributed by atoms with Gasteiger partial charge in [0.05, 0.1) is 15.2 Å². The second kappa shape index (κ2) is 6.91. The molecule has 0 aliphatic carbocycles. The third-order valence-corrected chi connectivity index (χ3v) is 5.92. The maximum Gasteiger partial charge on any atom is 0.262 e. The molecule has 6 nitrogen and oxygen atoms in total. The van der Waals surface area contributed by atoms with Gasteiger partial charge in [0.1, 0.15) is 16.5 Å². The van der Waals surface area contributed by atoms with Crippen molar-refractivity contribution in [2.45, 2.75) is 11.4 Å². The summed E-state index contributed by atoms with van der Waals surface area (Å²) in [5.74, 6) is -0.638. The van der Waals surface area contributed by atoms with Crippen LogP contribution in [0.2, 0.25) is 5.02 Å². The molecule has 3 rings (SSSR count). The van der Waals surface area contributed by atoms with Crippen LogP contribution in [0.4, 0.5) is 10.1 Å². The monoisotopic (exact) mass is 448 g/mol. The number of carbonyl (C=O) groups excluding carboxylic acids is 1. The normalized spacial score (nSPS) is 13.8. The number of ether oxygens (including phenoxy) is 1. The first kappa shape index (κ1) is 18.1. The summed E-state index contributed by atoms with van der Waals surface area (Å²) >= 11 is 9.06. The van der Waals surface area contributed by atoms with Crippen molar-refractivity contribution in [3.8, 4) is 5.75 Å². The number of hydrogen-bond donors (Lipinski definition) is 2. The van der Waals surface area contributed by atoms with E-state index in [9.17, 15) is 17.6 Å². The zero-order chi connectivity index (χ0) is 18.2. The van der Waals surface area contributed by atoms with Crippen molar-refractivity contribution in [2.75, 3.05) is 11.9 Å². The first-order chi connectivity index (χ1) is 11.8. The molecular weight excluding hydrogens is 439 g/mol. The van der Waals surface area contributed by atoms with Crippen LogP contribution in [0.5, 0.6) is 5.75 Å². The molecule has 0 unspecified atom stereocenters. The summed E-state index contributed by atoms with van der Waals surface area (Å²) in [6.07, 6.45) is 0. The highest BCUT2D eigenvalue weighted by atomic mass is 79.9. The molecule has 2 aromatic rings. The summed E-state index contributed by atoms with van der Waals surface area (Å²) in [4.78, 5) is 11.1. The Morgan fingerprint density at radius 3 is 2.80 bits per heavy atom. The van der Waals surface area contributed by atoms with E-state index in [1.165, 1.54) is 24.3 Å². The number of benzene rings is 2. The molecule has 2 aromatic carbocycles. The summed E-state index contributed by atoms with van der Waals surface area (Å²) in [5, 5.41) is 2.47. The first-order valence-electron chi connectivity index (χ1n) is 6.96. The molecule has 0 fully saturated rings. The second-order valence-electron chi connectivity index (χ2n) is 5.19. The number of hydrogen-bond acceptors (Lipinski definition) is 4. The predicted octanol–water partition coefficient (Wildman–Crippen LogP) is 3.05. The van der Waals surface area contributed by atoms with E-state index in [1.807, 2.05) is 0 Å². The number of nitrogens with one attached hydrogen (secondary N) is 2. The van der Waals surface area contributed by atoms with Gasteiger partial charge in [-0.1, -0.05) is 17.7 Å². The summed E-state index contributed by atoms with van der Waals surface area (Å²) in [5.41, 5.74) is 0.747. The van der Waals surface area contributed by atoms with E-state index in [4.69, 9.17) is 16.3 Å². The third-order valence-electron chi connectivity index (χ3n) is 3.41. The fourth-order valence-electron chi connectivity index (χ4n) is 2.19. The van der Waals surface area contributed by atoms with Crippen LogP contribution in [0.3, 0.4) is 0 Å². The molecule has 10 heteroatoms. The molecule has 1 aliphatic heterocycles. The van der Waals surface area contributed by atoms with Crippen LogP contribution in [0.15, 0.2) is 39.7 Å². The standard InChI is InChI=1S/C15H11BrClFN2O4S/c16-9-2-1-8(3-11(9)18)6-19-25(22,23)14-5-13-12(4-10(14)17)20-15(21)7-24-13/h1-5,19H,6-7H2,(H,20,21). The Bertz CT molecular complexity index is 968. The lowest BCUT2D eigenvalue weighted by Gasteiger charge is -2.19. The fourth-order valence-corrected chi connectivity index (χ4v) is 4.00. The summed E-state index contributed by atoms with van der Waals surface area (Å²) in [7, 11) is -3.97. The van der Waals surface area contributed by atoms with Crippen LogP contribution >= 0.6 is 27.5 Å². The molecule has 0 aromatic heterocycles. The van der Waals surface area contributed by atoms with Gasteiger partial charge in [-0.3, -0.25) is 4.79 Å². The van der Waals surface area contributed by atoms with E-state index in [0.29, 0.717) is 11.3 Å². The van der Waals surface area contributed by atoms with Crippen molar-refractivity contribution >= 4 is 49.1 Å². The average molecular weight is 450 g/mol. The summed E-state index contributed by atoms with van der Waals surface area (Å²) in [6, 6.07) is 6.84. The Kier molecular flexibility index (Phi) is 5.01. The molecule has 0 atom stereocenters. The van der Waals surface area contributed by atoms with Crippen molar-refractivity contribution in [2.24, 2.45) is 0 Å². The van der Waals surface area contributed by atoms with Crippen molar-refractivity contribution in [1.29, 1.82) is 0 Å². The minimum atomic E-state index is -3.97. The molecule has 0 spiro atoms. The van der Waals surface area contributed by atoms with Gasteiger partial charge in [-0.15, -0.1) is 0 Å². The number of halogens is 3. The van der Waals surface area contributed by atoms with Gasteiger partial charge in [0.25, 0.3) is 5.91 Å².